The Hall–Kier alpha value is -2.47. The van der Waals surface area contributed by atoms with E-state index in [4.69, 9.17) is 16.1 Å². The monoisotopic (exact) mass is 315 g/mol. The maximum Gasteiger partial charge on any atom is 0.228 e. The van der Waals surface area contributed by atoms with E-state index < -0.39 is 0 Å². The van der Waals surface area contributed by atoms with E-state index in [2.05, 4.69) is 25.4 Å². The molecular formula is C15H14ClN5O. The molecule has 0 amide bonds. The van der Waals surface area contributed by atoms with Crippen molar-refractivity contribution in [3.05, 3.63) is 53.3 Å². The second-order valence-electron chi connectivity index (χ2n) is 4.74. The van der Waals surface area contributed by atoms with Crippen LogP contribution in [0.25, 0.3) is 11.4 Å². The van der Waals surface area contributed by atoms with Crippen LogP contribution in [0, 0.1) is 6.92 Å². The number of benzene rings is 1. The zero-order chi connectivity index (χ0) is 15.4. The Balaban J connectivity index is 1.59. The molecule has 0 saturated carbocycles. The Morgan fingerprint density at radius 1 is 1.14 bits per heavy atom. The molecule has 0 radical (unpaired) electrons. The molecule has 0 bridgehead atoms. The Morgan fingerprint density at radius 3 is 2.73 bits per heavy atom. The minimum Gasteiger partial charge on any atom is -0.368 e. The normalized spacial score (nSPS) is 10.6. The van der Waals surface area contributed by atoms with Gasteiger partial charge in [-0.15, -0.1) is 0 Å². The molecule has 6 nitrogen and oxygen atoms in total. The quantitative estimate of drug-likeness (QED) is 0.779. The summed E-state index contributed by atoms with van der Waals surface area (Å²) in [5.41, 5.74) is 1.74. The van der Waals surface area contributed by atoms with Gasteiger partial charge >= 0.3 is 0 Å². The predicted octanol–water partition coefficient (Wildman–Crippen LogP) is 3.14. The van der Waals surface area contributed by atoms with Crippen molar-refractivity contribution < 1.29 is 4.52 Å². The van der Waals surface area contributed by atoms with Gasteiger partial charge in [0, 0.05) is 29.7 Å². The van der Waals surface area contributed by atoms with Crippen molar-refractivity contribution in [2.75, 3.05) is 11.9 Å². The van der Waals surface area contributed by atoms with Gasteiger partial charge in [-0.2, -0.15) is 4.98 Å². The minimum absolute atomic E-state index is 0.557. The van der Waals surface area contributed by atoms with Crippen molar-refractivity contribution in [2.24, 2.45) is 0 Å². The molecule has 0 aliphatic heterocycles. The second-order valence-corrected chi connectivity index (χ2v) is 5.18. The zero-order valence-corrected chi connectivity index (χ0v) is 12.7. The number of anilines is 1. The molecule has 2 heterocycles. The number of hydrogen-bond acceptors (Lipinski definition) is 6. The summed E-state index contributed by atoms with van der Waals surface area (Å²) in [5, 5.41) is 7.82. The molecule has 0 spiro atoms. The summed E-state index contributed by atoms with van der Waals surface area (Å²) in [6.45, 7) is 2.54. The van der Waals surface area contributed by atoms with Crippen molar-refractivity contribution in [1.82, 2.24) is 20.1 Å². The standard InChI is InChI=1S/C15H14ClN5O/c1-10-8-17-9-13(19-10)18-7-6-14-20-15(21-22-14)11-2-4-12(16)5-3-11/h2-5,8-9H,6-7H2,1H3,(H,18,19). The highest BCUT2D eigenvalue weighted by atomic mass is 35.5. The van der Waals surface area contributed by atoms with E-state index in [9.17, 15) is 0 Å². The van der Waals surface area contributed by atoms with Crippen LogP contribution in [-0.4, -0.2) is 26.7 Å². The van der Waals surface area contributed by atoms with E-state index in [1.165, 1.54) is 0 Å². The van der Waals surface area contributed by atoms with Gasteiger partial charge in [0.25, 0.3) is 0 Å². The van der Waals surface area contributed by atoms with E-state index in [1.54, 1.807) is 24.5 Å². The molecule has 7 heteroatoms. The third kappa shape index (κ3) is 3.59. The molecule has 1 N–H and O–H groups in total. The average Bonchev–Trinajstić information content (AvgIpc) is 2.97. The van der Waals surface area contributed by atoms with Gasteiger partial charge < -0.3 is 9.84 Å². The fraction of sp³-hybridized carbons (Fsp3) is 0.200. The van der Waals surface area contributed by atoms with Gasteiger partial charge in [0.05, 0.1) is 11.9 Å². The average molecular weight is 316 g/mol. The summed E-state index contributed by atoms with van der Waals surface area (Å²) in [5.74, 6) is 1.86. The van der Waals surface area contributed by atoms with Crippen LogP contribution >= 0.6 is 11.6 Å². The lowest BCUT2D eigenvalue weighted by molar-refractivity contribution is 0.381. The summed E-state index contributed by atoms with van der Waals surface area (Å²) in [4.78, 5) is 12.7. The number of halogens is 1. The van der Waals surface area contributed by atoms with Crippen LogP contribution in [-0.2, 0) is 6.42 Å². The van der Waals surface area contributed by atoms with Crippen molar-refractivity contribution in [1.29, 1.82) is 0 Å². The summed E-state index contributed by atoms with van der Waals surface area (Å²) >= 11 is 5.86. The first-order valence-electron chi connectivity index (χ1n) is 6.82. The highest BCUT2D eigenvalue weighted by molar-refractivity contribution is 6.30. The van der Waals surface area contributed by atoms with Crippen LogP contribution in [0.15, 0.2) is 41.2 Å². The molecule has 0 unspecified atom stereocenters. The molecule has 0 atom stereocenters. The number of aromatic nitrogens is 4. The van der Waals surface area contributed by atoms with E-state index in [-0.39, 0.29) is 0 Å². The molecule has 0 fully saturated rings. The van der Waals surface area contributed by atoms with E-state index >= 15 is 0 Å². The largest absolute Gasteiger partial charge is 0.368 e. The second kappa shape index (κ2) is 6.53. The van der Waals surface area contributed by atoms with Gasteiger partial charge in [-0.05, 0) is 31.2 Å². The van der Waals surface area contributed by atoms with Crippen LogP contribution in [0.2, 0.25) is 5.02 Å². The first-order valence-corrected chi connectivity index (χ1v) is 7.19. The number of aryl methyl sites for hydroxylation is 1. The van der Waals surface area contributed by atoms with Gasteiger partial charge in [0.2, 0.25) is 11.7 Å². The molecule has 0 aliphatic rings. The number of hydrogen-bond donors (Lipinski definition) is 1. The van der Waals surface area contributed by atoms with Crippen LogP contribution in [0.1, 0.15) is 11.6 Å². The Labute approximate surface area is 132 Å². The third-order valence-corrected chi connectivity index (χ3v) is 3.22. The fourth-order valence-electron chi connectivity index (χ4n) is 1.92. The molecule has 1 aromatic carbocycles. The summed E-state index contributed by atoms with van der Waals surface area (Å²) in [6.07, 6.45) is 4.00. The molecule has 112 valence electrons. The molecule has 0 aliphatic carbocycles. The Bertz CT molecular complexity index is 757. The minimum atomic E-state index is 0.557. The van der Waals surface area contributed by atoms with Crippen LogP contribution < -0.4 is 5.32 Å². The molecule has 22 heavy (non-hydrogen) atoms. The first kappa shape index (κ1) is 14.5. The highest BCUT2D eigenvalue weighted by Gasteiger charge is 2.08. The van der Waals surface area contributed by atoms with Crippen molar-refractivity contribution in [2.45, 2.75) is 13.3 Å². The first-order chi connectivity index (χ1) is 10.7. The van der Waals surface area contributed by atoms with Crippen molar-refractivity contribution in [3.63, 3.8) is 0 Å². The summed E-state index contributed by atoms with van der Waals surface area (Å²) in [6, 6.07) is 7.31. The van der Waals surface area contributed by atoms with Crippen LogP contribution in [0.5, 0.6) is 0 Å². The molecular weight excluding hydrogens is 302 g/mol. The lowest BCUT2D eigenvalue weighted by Crippen LogP contribution is -2.07. The lowest BCUT2D eigenvalue weighted by atomic mass is 10.2. The Morgan fingerprint density at radius 2 is 1.95 bits per heavy atom. The zero-order valence-electron chi connectivity index (χ0n) is 12.0. The van der Waals surface area contributed by atoms with E-state index in [0.717, 1.165) is 17.1 Å². The van der Waals surface area contributed by atoms with E-state index in [1.807, 2.05) is 19.1 Å². The van der Waals surface area contributed by atoms with Crippen molar-refractivity contribution >= 4 is 17.4 Å². The lowest BCUT2D eigenvalue weighted by Gasteiger charge is -2.03. The van der Waals surface area contributed by atoms with Gasteiger partial charge in [-0.3, -0.25) is 4.98 Å². The highest BCUT2D eigenvalue weighted by Crippen LogP contribution is 2.18. The number of nitrogens with one attached hydrogen (secondary N) is 1. The summed E-state index contributed by atoms with van der Waals surface area (Å²) < 4.78 is 5.24. The maximum atomic E-state index is 5.86. The maximum absolute atomic E-state index is 5.86. The Kier molecular flexibility index (Phi) is 4.29. The van der Waals surface area contributed by atoms with Crippen LogP contribution in [0.4, 0.5) is 5.82 Å². The molecule has 3 aromatic rings. The molecule has 2 aromatic heterocycles. The predicted molar refractivity (Wildman–Crippen MR) is 83.7 cm³/mol. The molecule has 0 saturated heterocycles. The van der Waals surface area contributed by atoms with Gasteiger partial charge in [-0.25, -0.2) is 4.98 Å². The van der Waals surface area contributed by atoms with Gasteiger partial charge in [-0.1, -0.05) is 16.8 Å². The number of nitrogens with zero attached hydrogens (tertiary/aromatic N) is 4. The van der Waals surface area contributed by atoms with E-state index in [0.29, 0.717) is 29.7 Å². The van der Waals surface area contributed by atoms with Crippen molar-refractivity contribution in [3.8, 4) is 11.4 Å². The summed E-state index contributed by atoms with van der Waals surface area (Å²) in [7, 11) is 0. The smallest absolute Gasteiger partial charge is 0.228 e. The number of rotatable bonds is 5. The van der Waals surface area contributed by atoms with Gasteiger partial charge in [0.1, 0.15) is 5.82 Å². The topological polar surface area (TPSA) is 76.7 Å². The van der Waals surface area contributed by atoms with Crippen LogP contribution in [0.3, 0.4) is 0 Å². The SMILES string of the molecule is Cc1cncc(NCCc2nc(-c3ccc(Cl)cc3)no2)n1. The third-order valence-electron chi connectivity index (χ3n) is 2.97. The molecule has 3 rings (SSSR count). The van der Waals surface area contributed by atoms with Gasteiger partial charge in [0.15, 0.2) is 0 Å². The fourth-order valence-corrected chi connectivity index (χ4v) is 2.04.